The maximum absolute atomic E-state index is 11.6. The van der Waals surface area contributed by atoms with Crippen molar-refractivity contribution in [1.82, 2.24) is 4.98 Å². The van der Waals surface area contributed by atoms with Crippen molar-refractivity contribution in [3.05, 3.63) is 44.7 Å². The third-order valence-corrected chi connectivity index (χ3v) is 2.18. The predicted octanol–water partition coefficient (Wildman–Crippen LogP) is 0.182. The number of aromatic nitrogens is 1. The molecule has 0 saturated heterocycles. The molecule has 1 aromatic carbocycles. The van der Waals surface area contributed by atoms with Crippen molar-refractivity contribution in [2.24, 2.45) is 5.73 Å². The Morgan fingerprint density at radius 2 is 2.18 bits per heavy atom. The first kappa shape index (κ1) is 11.2. The highest BCUT2D eigenvalue weighted by Crippen LogP contribution is 2.10. The summed E-state index contributed by atoms with van der Waals surface area (Å²) >= 11 is 0. The molecular weight excluding hydrogens is 220 g/mol. The summed E-state index contributed by atoms with van der Waals surface area (Å²) in [4.78, 5) is 25.0. The molecule has 0 amide bonds. The molecule has 0 saturated carbocycles. The Morgan fingerprint density at radius 1 is 1.35 bits per heavy atom. The van der Waals surface area contributed by atoms with Gasteiger partial charge in [-0.2, -0.15) is 0 Å². The molecule has 0 aliphatic carbocycles. The molecule has 3 N–H and O–H groups in total. The van der Waals surface area contributed by atoms with Crippen LogP contribution in [0, 0.1) is 11.8 Å². The van der Waals surface area contributed by atoms with Gasteiger partial charge in [0.05, 0.1) is 10.9 Å². The van der Waals surface area contributed by atoms with Crippen LogP contribution in [0.1, 0.15) is 12.0 Å². The number of fused-ring (bicyclic) bond motifs is 1. The van der Waals surface area contributed by atoms with Crippen molar-refractivity contribution in [2.45, 2.75) is 6.42 Å². The number of hydrogen-bond donors (Lipinski definition) is 2. The second-order valence-corrected chi connectivity index (χ2v) is 3.37. The molecule has 1 aromatic heterocycles. The summed E-state index contributed by atoms with van der Waals surface area (Å²) in [7, 11) is 0. The number of H-pyrrole nitrogens is 1. The Hall–Kier alpha value is -2.32. The molecule has 2 rings (SSSR count). The predicted molar refractivity (Wildman–Crippen MR) is 63.7 cm³/mol. The van der Waals surface area contributed by atoms with Crippen LogP contribution in [0.5, 0.6) is 0 Å². The van der Waals surface area contributed by atoms with Gasteiger partial charge in [0.25, 0.3) is 0 Å². The summed E-state index contributed by atoms with van der Waals surface area (Å²) in [5.41, 5.74) is 5.60. The average molecular weight is 230 g/mol. The first-order chi connectivity index (χ1) is 8.22. The highest BCUT2D eigenvalue weighted by molar-refractivity contribution is 5.83. The van der Waals surface area contributed by atoms with Gasteiger partial charge in [0.15, 0.2) is 0 Å². The number of aromatic amines is 1. The topological polar surface area (TPSA) is 89.1 Å². The monoisotopic (exact) mass is 230 g/mol. The van der Waals surface area contributed by atoms with Crippen LogP contribution in [0.3, 0.4) is 0 Å². The molecule has 0 bridgehead atoms. The van der Waals surface area contributed by atoms with Crippen LogP contribution in [-0.2, 0) is 0 Å². The minimum Gasteiger partial charge on any atom is -0.372 e. The Labute approximate surface area is 96.3 Å². The standard InChI is InChI=1S/C12H10N2O3/c13-7-2-1-4-8-5-3-6-9-10(8)11(15)17-12(16)14-9/h3,5-6H,2,7,13H2,(H,14,16). The first-order valence-corrected chi connectivity index (χ1v) is 5.07. The summed E-state index contributed by atoms with van der Waals surface area (Å²) < 4.78 is 4.48. The molecule has 2 aromatic rings. The number of nitrogens with one attached hydrogen (secondary N) is 1. The summed E-state index contributed by atoms with van der Waals surface area (Å²) in [5.74, 6) is 4.91. The summed E-state index contributed by atoms with van der Waals surface area (Å²) in [6.45, 7) is 0.462. The fourth-order valence-corrected chi connectivity index (χ4v) is 1.48. The molecule has 0 radical (unpaired) electrons. The Bertz CT molecular complexity index is 716. The number of rotatable bonds is 1. The molecule has 1 heterocycles. The quantitative estimate of drug-likeness (QED) is 0.684. The van der Waals surface area contributed by atoms with Gasteiger partial charge in [-0.3, -0.25) is 4.98 Å². The summed E-state index contributed by atoms with van der Waals surface area (Å²) in [6, 6.07) is 5.03. The minimum absolute atomic E-state index is 0.289. The van der Waals surface area contributed by atoms with E-state index in [0.29, 0.717) is 24.0 Å². The van der Waals surface area contributed by atoms with E-state index in [-0.39, 0.29) is 5.39 Å². The molecule has 5 heteroatoms. The van der Waals surface area contributed by atoms with Gasteiger partial charge >= 0.3 is 11.4 Å². The van der Waals surface area contributed by atoms with E-state index in [1.165, 1.54) is 0 Å². The summed E-state index contributed by atoms with van der Waals surface area (Å²) in [6.07, 6.45) is 0.547. The van der Waals surface area contributed by atoms with Crippen LogP contribution in [0.25, 0.3) is 10.9 Å². The van der Waals surface area contributed by atoms with E-state index in [2.05, 4.69) is 21.2 Å². The molecule has 0 aliphatic rings. The summed E-state index contributed by atoms with van der Waals surface area (Å²) in [5, 5.41) is 0.289. The number of benzene rings is 1. The second kappa shape index (κ2) is 4.68. The van der Waals surface area contributed by atoms with E-state index in [0.717, 1.165) is 0 Å². The van der Waals surface area contributed by atoms with Gasteiger partial charge in [-0.05, 0) is 12.1 Å². The molecule has 5 nitrogen and oxygen atoms in total. The van der Waals surface area contributed by atoms with Crippen molar-refractivity contribution in [2.75, 3.05) is 6.54 Å². The second-order valence-electron chi connectivity index (χ2n) is 3.37. The fourth-order valence-electron chi connectivity index (χ4n) is 1.48. The normalized spacial score (nSPS) is 9.94. The van der Waals surface area contributed by atoms with Crippen molar-refractivity contribution in [3.8, 4) is 11.8 Å². The van der Waals surface area contributed by atoms with Gasteiger partial charge < -0.3 is 10.2 Å². The lowest BCUT2D eigenvalue weighted by Gasteiger charge is -1.97. The van der Waals surface area contributed by atoms with E-state index >= 15 is 0 Å². The third kappa shape index (κ3) is 2.27. The van der Waals surface area contributed by atoms with E-state index in [1.807, 2.05) is 0 Å². The molecule has 0 atom stereocenters. The van der Waals surface area contributed by atoms with Crippen LogP contribution < -0.4 is 17.1 Å². The highest BCUT2D eigenvalue weighted by Gasteiger charge is 2.05. The van der Waals surface area contributed by atoms with Gasteiger partial charge in [-0.1, -0.05) is 17.9 Å². The Kier molecular flexibility index (Phi) is 3.08. The zero-order valence-corrected chi connectivity index (χ0v) is 8.95. The van der Waals surface area contributed by atoms with E-state index < -0.39 is 11.4 Å². The van der Waals surface area contributed by atoms with E-state index in [9.17, 15) is 9.59 Å². The van der Waals surface area contributed by atoms with Crippen molar-refractivity contribution in [1.29, 1.82) is 0 Å². The molecule has 0 unspecified atom stereocenters. The van der Waals surface area contributed by atoms with Crippen molar-refractivity contribution >= 4 is 10.9 Å². The molecule has 0 aliphatic heterocycles. The molecule has 86 valence electrons. The fraction of sp³-hybridized carbons (Fsp3) is 0.167. The molecule has 0 spiro atoms. The smallest absolute Gasteiger partial charge is 0.372 e. The zero-order chi connectivity index (χ0) is 12.3. The van der Waals surface area contributed by atoms with Gasteiger partial charge in [-0.25, -0.2) is 9.59 Å². The van der Waals surface area contributed by atoms with Crippen LogP contribution in [0.4, 0.5) is 0 Å². The van der Waals surface area contributed by atoms with Crippen LogP contribution in [-0.4, -0.2) is 11.5 Å². The zero-order valence-electron chi connectivity index (χ0n) is 8.95. The van der Waals surface area contributed by atoms with Crippen molar-refractivity contribution in [3.63, 3.8) is 0 Å². The Balaban J connectivity index is 2.71. The largest absolute Gasteiger partial charge is 0.419 e. The first-order valence-electron chi connectivity index (χ1n) is 5.07. The lowest BCUT2D eigenvalue weighted by Crippen LogP contribution is -2.15. The lowest BCUT2D eigenvalue weighted by molar-refractivity contribution is 0.460. The maximum atomic E-state index is 11.6. The van der Waals surface area contributed by atoms with E-state index in [1.54, 1.807) is 18.2 Å². The van der Waals surface area contributed by atoms with E-state index in [4.69, 9.17) is 5.73 Å². The van der Waals surface area contributed by atoms with Crippen molar-refractivity contribution < 1.29 is 4.42 Å². The maximum Gasteiger partial charge on any atom is 0.419 e. The number of hydrogen-bond acceptors (Lipinski definition) is 4. The van der Waals surface area contributed by atoms with Crippen LogP contribution in [0.15, 0.2) is 32.2 Å². The van der Waals surface area contributed by atoms with Crippen LogP contribution in [0.2, 0.25) is 0 Å². The average Bonchev–Trinajstić information content (AvgIpc) is 2.28. The third-order valence-electron chi connectivity index (χ3n) is 2.18. The van der Waals surface area contributed by atoms with Gasteiger partial charge in [0, 0.05) is 18.5 Å². The molecule has 17 heavy (non-hydrogen) atoms. The van der Waals surface area contributed by atoms with Crippen LogP contribution >= 0.6 is 0 Å². The molecule has 0 fully saturated rings. The van der Waals surface area contributed by atoms with Gasteiger partial charge in [-0.15, -0.1) is 0 Å². The lowest BCUT2D eigenvalue weighted by atomic mass is 10.1. The van der Waals surface area contributed by atoms with Gasteiger partial charge in [0.1, 0.15) is 0 Å². The SMILES string of the molecule is NCCC#Cc1cccc2[nH]c(=O)oc(=O)c12. The minimum atomic E-state index is -0.769. The Morgan fingerprint density at radius 3 is 2.94 bits per heavy atom. The number of nitrogens with two attached hydrogens (primary N) is 1. The molecular formula is C12H10N2O3. The highest BCUT2D eigenvalue weighted by atomic mass is 16.4. The van der Waals surface area contributed by atoms with Gasteiger partial charge in [0.2, 0.25) is 0 Å².